The van der Waals surface area contributed by atoms with E-state index in [9.17, 15) is 8.42 Å². The van der Waals surface area contributed by atoms with Crippen LogP contribution < -0.4 is 4.74 Å². The van der Waals surface area contributed by atoms with Gasteiger partial charge in [0.2, 0.25) is 10.0 Å². The van der Waals surface area contributed by atoms with Gasteiger partial charge in [0.15, 0.2) is 0 Å². The average Bonchev–Trinajstić information content (AvgIpc) is 2.50. The highest BCUT2D eigenvalue weighted by Crippen LogP contribution is 2.31. The summed E-state index contributed by atoms with van der Waals surface area (Å²) in [6.45, 7) is 6.23. The first kappa shape index (κ1) is 17.3. The quantitative estimate of drug-likeness (QED) is 0.830. The van der Waals surface area contributed by atoms with Crippen LogP contribution in [0.1, 0.15) is 50.2 Å². The van der Waals surface area contributed by atoms with Crippen LogP contribution in [0.15, 0.2) is 17.0 Å². The van der Waals surface area contributed by atoms with E-state index in [-0.39, 0.29) is 6.04 Å². The number of nitrogens with zero attached hydrogens (tertiary/aromatic N) is 1. The molecule has 0 heterocycles. The zero-order valence-electron chi connectivity index (χ0n) is 14.1. The van der Waals surface area contributed by atoms with E-state index in [4.69, 9.17) is 4.74 Å². The molecule has 1 fully saturated rings. The van der Waals surface area contributed by atoms with E-state index in [0.717, 1.165) is 42.6 Å². The van der Waals surface area contributed by atoms with Gasteiger partial charge in [-0.25, -0.2) is 8.42 Å². The molecular formula is C17H27NO3S. The highest BCUT2D eigenvalue weighted by Gasteiger charge is 2.30. The van der Waals surface area contributed by atoms with Gasteiger partial charge in [0.05, 0.1) is 11.5 Å². The molecule has 0 aromatic heterocycles. The average molecular weight is 325 g/mol. The van der Waals surface area contributed by atoms with Crippen molar-refractivity contribution < 1.29 is 13.2 Å². The van der Waals surface area contributed by atoms with Crippen LogP contribution in [0.3, 0.4) is 0 Å². The van der Waals surface area contributed by atoms with Crippen molar-refractivity contribution in [2.75, 3.05) is 13.7 Å². The summed E-state index contributed by atoms with van der Waals surface area (Å²) in [6, 6.07) is 3.71. The van der Waals surface area contributed by atoms with Crippen molar-refractivity contribution in [3.05, 3.63) is 23.3 Å². The van der Waals surface area contributed by atoms with E-state index in [2.05, 4.69) is 0 Å². The van der Waals surface area contributed by atoms with Gasteiger partial charge in [0.1, 0.15) is 5.75 Å². The van der Waals surface area contributed by atoms with Crippen LogP contribution in [0.5, 0.6) is 5.75 Å². The van der Waals surface area contributed by atoms with E-state index in [0.29, 0.717) is 11.5 Å². The fourth-order valence-electron chi connectivity index (χ4n) is 3.15. The minimum absolute atomic E-state index is 0.130. The summed E-state index contributed by atoms with van der Waals surface area (Å²) in [5.74, 6) is 0.763. The number of sulfonamides is 1. The van der Waals surface area contributed by atoms with Crippen LogP contribution in [0, 0.1) is 13.8 Å². The molecule has 0 atom stereocenters. The summed E-state index contributed by atoms with van der Waals surface area (Å²) >= 11 is 0. The Hall–Kier alpha value is -1.07. The molecule has 1 aliphatic rings. The normalized spacial score (nSPS) is 17.0. The SMILES string of the molecule is CCOc1cc(C)c(S(=O)(=O)N(C)C2CCCCC2)cc1C. The van der Waals surface area contributed by atoms with E-state index < -0.39 is 10.0 Å². The summed E-state index contributed by atoms with van der Waals surface area (Å²) in [7, 11) is -1.73. The first-order valence-corrected chi connectivity index (χ1v) is 9.54. The van der Waals surface area contributed by atoms with Gasteiger partial charge in [-0.1, -0.05) is 19.3 Å². The summed E-state index contributed by atoms with van der Waals surface area (Å²) < 4.78 is 33.0. The molecule has 0 amide bonds. The van der Waals surface area contributed by atoms with Crippen LogP contribution >= 0.6 is 0 Å². The summed E-state index contributed by atoms with van der Waals surface area (Å²) in [6.07, 6.45) is 5.37. The van der Waals surface area contributed by atoms with Crippen molar-refractivity contribution >= 4 is 10.0 Å². The molecule has 0 aliphatic heterocycles. The lowest BCUT2D eigenvalue weighted by atomic mass is 9.96. The predicted molar refractivity (Wildman–Crippen MR) is 88.9 cm³/mol. The van der Waals surface area contributed by atoms with Crippen LogP contribution in [-0.2, 0) is 10.0 Å². The van der Waals surface area contributed by atoms with Gasteiger partial charge in [-0.05, 0) is 56.9 Å². The van der Waals surface area contributed by atoms with Crippen molar-refractivity contribution in [3.63, 3.8) is 0 Å². The fourth-order valence-corrected chi connectivity index (χ4v) is 4.85. The third-order valence-corrected chi connectivity index (χ3v) is 6.57. The molecule has 2 rings (SSSR count). The minimum Gasteiger partial charge on any atom is -0.494 e. The maximum absolute atomic E-state index is 13.0. The zero-order chi connectivity index (χ0) is 16.3. The zero-order valence-corrected chi connectivity index (χ0v) is 14.9. The first-order valence-electron chi connectivity index (χ1n) is 8.10. The lowest BCUT2D eigenvalue weighted by molar-refractivity contribution is 0.285. The Bertz CT molecular complexity index is 619. The number of ether oxygens (including phenoxy) is 1. The molecule has 0 spiro atoms. The standard InChI is InChI=1S/C17H27NO3S/c1-5-21-16-11-14(3)17(12-13(16)2)22(19,20)18(4)15-9-7-6-8-10-15/h11-12,15H,5-10H2,1-4H3. The molecule has 1 aromatic rings. The van der Waals surface area contributed by atoms with E-state index in [1.807, 2.05) is 26.8 Å². The van der Waals surface area contributed by atoms with Gasteiger partial charge >= 0.3 is 0 Å². The predicted octanol–water partition coefficient (Wildman–Crippen LogP) is 3.66. The molecule has 1 aliphatic carbocycles. The second-order valence-electron chi connectivity index (χ2n) is 6.13. The molecule has 5 heteroatoms. The number of benzene rings is 1. The Labute approximate surface area is 134 Å². The maximum Gasteiger partial charge on any atom is 0.243 e. The number of hydrogen-bond donors (Lipinski definition) is 0. The summed E-state index contributed by atoms with van der Waals surface area (Å²) in [5, 5.41) is 0. The molecule has 0 saturated heterocycles. The van der Waals surface area contributed by atoms with E-state index >= 15 is 0 Å². The van der Waals surface area contributed by atoms with Gasteiger partial charge < -0.3 is 4.74 Å². The molecule has 0 unspecified atom stereocenters. The van der Waals surface area contributed by atoms with E-state index in [1.54, 1.807) is 17.4 Å². The molecule has 22 heavy (non-hydrogen) atoms. The maximum atomic E-state index is 13.0. The lowest BCUT2D eigenvalue weighted by Crippen LogP contribution is -2.38. The monoisotopic (exact) mass is 325 g/mol. The van der Waals surface area contributed by atoms with Gasteiger partial charge in [0.25, 0.3) is 0 Å². The fraction of sp³-hybridized carbons (Fsp3) is 0.647. The number of aryl methyl sites for hydroxylation is 2. The van der Waals surface area contributed by atoms with Crippen LogP contribution in [0.2, 0.25) is 0 Å². The molecule has 4 nitrogen and oxygen atoms in total. The van der Waals surface area contributed by atoms with Crippen molar-refractivity contribution in [2.24, 2.45) is 0 Å². The van der Waals surface area contributed by atoms with Crippen LogP contribution in [0.4, 0.5) is 0 Å². The molecule has 124 valence electrons. The Morgan fingerprint density at radius 3 is 2.36 bits per heavy atom. The second kappa shape index (κ2) is 7.01. The Morgan fingerprint density at radius 1 is 1.14 bits per heavy atom. The highest BCUT2D eigenvalue weighted by atomic mass is 32.2. The largest absolute Gasteiger partial charge is 0.494 e. The molecular weight excluding hydrogens is 298 g/mol. The van der Waals surface area contributed by atoms with Gasteiger partial charge in [-0.15, -0.1) is 0 Å². The molecule has 1 aromatic carbocycles. The van der Waals surface area contributed by atoms with Crippen molar-refractivity contribution in [1.82, 2.24) is 4.31 Å². The molecule has 0 radical (unpaired) electrons. The van der Waals surface area contributed by atoms with Crippen molar-refractivity contribution in [3.8, 4) is 5.75 Å². The topological polar surface area (TPSA) is 46.6 Å². The lowest BCUT2D eigenvalue weighted by Gasteiger charge is -2.31. The number of rotatable bonds is 5. The summed E-state index contributed by atoms with van der Waals surface area (Å²) in [4.78, 5) is 0.404. The van der Waals surface area contributed by atoms with Crippen LogP contribution in [-0.4, -0.2) is 32.4 Å². The Morgan fingerprint density at radius 2 is 1.77 bits per heavy atom. The molecule has 1 saturated carbocycles. The summed E-state index contributed by atoms with van der Waals surface area (Å²) in [5.41, 5.74) is 1.61. The third-order valence-electron chi connectivity index (χ3n) is 4.52. The Balaban J connectivity index is 2.34. The van der Waals surface area contributed by atoms with Crippen molar-refractivity contribution in [1.29, 1.82) is 0 Å². The van der Waals surface area contributed by atoms with Gasteiger partial charge in [-0.3, -0.25) is 0 Å². The Kier molecular flexibility index (Phi) is 5.50. The minimum atomic E-state index is -3.45. The molecule has 0 bridgehead atoms. The van der Waals surface area contributed by atoms with E-state index in [1.165, 1.54) is 6.42 Å². The van der Waals surface area contributed by atoms with Crippen molar-refractivity contribution in [2.45, 2.75) is 63.8 Å². The van der Waals surface area contributed by atoms with Gasteiger partial charge in [-0.2, -0.15) is 4.31 Å². The number of hydrogen-bond acceptors (Lipinski definition) is 3. The highest BCUT2D eigenvalue weighted by molar-refractivity contribution is 7.89. The third kappa shape index (κ3) is 3.46. The molecule has 0 N–H and O–H groups in total. The smallest absolute Gasteiger partial charge is 0.243 e. The second-order valence-corrected chi connectivity index (χ2v) is 8.10. The first-order chi connectivity index (χ1) is 10.4. The van der Waals surface area contributed by atoms with Crippen LogP contribution in [0.25, 0.3) is 0 Å². The van der Waals surface area contributed by atoms with Gasteiger partial charge in [0, 0.05) is 13.1 Å².